The molecule has 3 unspecified atom stereocenters. The Morgan fingerprint density at radius 2 is 0.811 bits per heavy atom. The van der Waals surface area contributed by atoms with Crippen LogP contribution in [0.4, 0.5) is 0 Å². The fourth-order valence-corrected chi connectivity index (χ4v) is 22.9. The van der Waals surface area contributed by atoms with Gasteiger partial charge in [-0.1, -0.05) is 171 Å². The number of fused-ring (bicyclic) bond motifs is 12. The third kappa shape index (κ3) is 34.2. The molecule has 0 aromatic carbocycles. The lowest BCUT2D eigenvalue weighted by molar-refractivity contribution is -0.148. The molecule has 0 bridgehead atoms. The van der Waals surface area contributed by atoms with Gasteiger partial charge in [-0.3, -0.25) is 14.4 Å². The first-order valence-electron chi connectivity index (χ1n) is 48.3. The summed E-state index contributed by atoms with van der Waals surface area (Å²) in [6.45, 7) is 47.1. The van der Waals surface area contributed by atoms with Gasteiger partial charge in [0.2, 0.25) is 0 Å². The van der Waals surface area contributed by atoms with Crippen LogP contribution in [0.5, 0.6) is 0 Å². The van der Waals surface area contributed by atoms with Crippen LogP contribution in [0.1, 0.15) is 179 Å². The number of carbonyl (C=O) groups excluding carboxylic acids is 3. The van der Waals surface area contributed by atoms with E-state index in [4.69, 9.17) is 96.5 Å². The minimum absolute atomic E-state index is 0.0133. The second-order valence-electron chi connectivity index (χ2n) is 40.8. The number of terminal acetylenes is 1. The van der Waals surface area contributed by atoms with Crippen LogP contribution in [0, 0.1) is 59.7 Å². The maximum absolute atomic E-state index is 10.6. The summed E-state index contributed by atoms with van der Waals surface area (Å²) in [5.74, 6) is 5.87. The van der Waals surface area contributed by atoms with Crippen LogP contribution >= 0.6 is 31.9 Å². The van der Waals surface area contributed by atoms with Crippen LogP contribution in [0.25, 0.3) is 0 Å². The lowest BCUT2D eigenvalue weighted by Gasteiger charge is -2.38. The van der Waals surface area contributed by atoms with Gasteiger partial charge in [0.1, 0.15) is 24.9 Å². The molecule has 0 aromatic heterocycles. The maximum Gasteiger partial charge on any atom is 0.303 e. The number of aliphatic hydroxyl groups is 6. The van der Waals surface area contributed by atoms with Gasteiger partial charge in [-0.25, -0.2) is 0 Å². The van der Waals surface area contributed by atoms with Crippen LogP contribution in [0.3, 0.4) is 0 Å². The van der Waals surface area contributed by atoms with Gasteiger partial charge in [-0.2, -0.15) is 0 Å². The average Bonchev–Trinajstić information content (AvgIpc) is 1.61. The van der Waals surface area contributed by atoms with Crippen molar-refractivity contribution in [1.82, 2.24) is 0 Å². The molecule has 0 radical (unpaired) electrons. The van der Waals surface area contributed by atoms with E-state index in [1.807, 2.05) is 63.3 Å². The normalized spacial score (nSPS) is 37.7. The zero-order valence-electron chi connectivity index (χ0n) is 81.3. The summed E-state index contributed by atoms with van der Waals surface area (Å²) >= 11 is 6.70. The van der Waals surface area contributed by atoms with Gasteiger partial charge in [-0.15, -0.1) is 6.42 Å². The topological polar surface area (TPSA) is 330 Å². The summed E-state index contributed by atoms with van der Waals surface area (Å²) in [6.07, 6.45) is 51.1. The van der Waals surface area contributed by atoms with Crippen LogP contribution in [-0.2, 0) is 94.3 Å². The lowest BCUT2D eigenvalue weighted by Crippen LogP contribution is -2.43. The Kier molecular flexibility index (Phi) is 45.3. The molecule has 746 valence electrons. The van der Waals surface area contributed by atoms with Gasteiger partial charge in [0.15, 0.2) is 22.9 Å². The molecule has 19 rings (SSSR count). The molecule has 26 nitrogen and oxygen atoms in total. The summed E-state index contributed by atoms with van der Waals surface area (Å²) in [7, 11) is -3.32. The molecule has 132 heavy (non-hydrogen) atoms. The first-order chi connectivity index (χ1) is 62.6. The minimum atomic E-state index is -1.66. The molecule has 0 aromatic rings. The predicted octanol–water partition coefficient (Wildman–Crippen LogP) is 15.0. The zero-order chi connectivity index (χ0) is 96.4. The summed E-state index contributed by atoms with van der Waals surface area (Å²) < 4.78 is 94.0. The summed E-state index contributed by atoms with van der Waals surface area (Å²) in [4.78, 5) is 31.5. The number of alkyl halides is 2. The van der Waals surface area contributed by atoms with Crippen molar-refractivity contribution in [3.05, 3.63) is 122 Å². The Balaban J connectivity index is 0.000000164. The van der Waals surface area contributed by atoms with E-state index in [2.05, 4.69) is 143 Å². The highest BCUT2D eigenvalue weighted by atomic mass is 79.9. The van der Waals surface area contributed by atoms with E-state index in [0.29, 0.717) is 117 Å². The third-order valence-corrected chi connectivity index (χ3v) is 39.3. The Morgan fingerprint density at radius 3 is 1.20 bits per heavy atom. The molecule has 33 atom stereocenters. The van der Waals surface area contributed by atoms with E-state index in [-0.39, 0.29) is 138 Å². The Morgan fingerprint density at radius 1 is 0.455 bits per heavy atom. The molecule has 19 aliphatic rings. The number of esters is 3. The van der Waals surface area contributed by atoms with Crippen molar-refractivity contribution in [2.24, 2.45) is 47.3 Å². The standard InChI is InChI=1S/C12H18O3.C11H15BrO2.2C11H22O2Si.C10H14O2.C9H12O4.2C9H14O3.C8H13BrO2.C7H10O3.C5H6/c1-3-13-11-4-8-9(15-11)5-10-12(8)7(2)6-14-10;1-3-6-13-10-4-5-11(7-10)14-9(2)8-12;2*1-11(2,3)14(4,5)13-10-7-6-9(12)8-10;1-6-5-12-9-4-8-7(10(6)9)2-3-11-8;1-6(10)12-8-3-4-9(5-8)13-7(2)11;2*10-6-4-12-8-3-7-5(9(6)8)1-2-11-7;1-6(5-9)11-8-3-2-7(10)4-8;1-5(8)10-7-3-2-6(9)4-7;1-2-4-5-3-1/h8-12H,2-6H2,1H3;1,4-5,9-11H,6-8H2,2H3;2*6-7,9-10,12H,8H2,1-5H3;7-10H,1-5H2;3-4,8-9H,5H2,1-2H3;2*5-10H,1-4H2;2-3,6-8,10H,4-5H2,1H3;2-3,6-7,9H,4H2,1H3;1-4H,5H2/t8-,9-,10+,11?,12-;9?,10-,11+;9-,10+;9-,10-;7-,8-,9+,10-;8-,9+;5-,6+,7-,8+,9+;5-,6-,7-,8-,9-;6?,7-,8+;6-,7+;/m11011.1011./s1. The maximum atomic E-state index is 10.6. The first-order valence-corrected chi connectivity index (χ1v) is 56.4. The highest BCUT2D eigenvalue weighted by molar-refractivity contribution is 9.09. The molecule has 8 heterocycles. The predicted molar refractivity (Wildman–Crippen MR) is 519 cm³/mol. The quantitative estimate of drug-likeness (QED) is 0.0197. The highest BCUT2D eigenvalue weighted by Crippen LogP contribution is 2.53. The molecule has 0 amide bonds. The van der Waals surface area contributed by atoms with Crippen LogP contribution in [0.2, 0.25) is 36.3 Å². The Bertz CT molecular complexity index is 3740. The fraction of sp³-hybridized carbons (Fsp3) is 0.755. The number of rotatable bonds is 17. The molecule has 8 saturated heterocycles. The van der Waals surface area contributed by atoms with E-state index in [1.165, 1.54) is 38.3 Å². The summed E-state index contributed by atoms with van der Waals surface area (Å²) in [6, 6.07) is 0. The molecule has 4 saturated carbocycles. The largest absolute Gasteiger partial charge is 0.458 e. The summed E-state index contributed by atoms with van der Waals surface area (Å²) in [5, 5.41) is 58.3. The van der Waals surface area contributed by atoms with Crippen molar-refractivity contribution >= 4 is 66.4 Å². The van der Waals surface area contributed by atoms with Gasteiger partial charge in [-0.05, 0) is 136 Å². The van der Waals surface area contributed by atoms with Crippen LogP contribution in [-0.4, -0.2) is 288 Å². The molecule has 8 aliphatic heterocycles. The van der Waals surface area contributed by atoms with Crippen molar-refractivity contribution in [2.45, 2.75) is 368 Å². The SMILES string of the molecule is C#CCO[C@@H]1C=C[C@H](OC(C)CBr)C1.C1=CCC=C1.C=C1CO[C@H]2C[C@H]3OC(OCC)C[C@H]3[C@@H]12.C=C1CO[C@H]2C[C@H]3OCC[C@H]3[C@@H]12.CC(=O)O[C@@H]1C=C[C@H](OC(C)=O)C1.CC(=O)O[C@H]1C=C[C@@H](O)C1.CC(C)(C)[Si](C)(C)O[C@@H]1C=C[C@@H](O)C1.CC(C)(C)[Si](C)(C)O[C@@H]1C=C[C@H](O)C1.CC(CBr)O[C@H]1C=C[C@@H](O)C1.O[C@H]1CO[C@H]2C[C@@H]3OCC[C@@H]3[C@H]21.O[C@H]1CO[C@H]2C[C@H]3OCC[C@H]3[C@H]21. The molecule has 11 aliphatic carbocycles. The number of allylic oxidation sites excluding steroid dienone is 4. The second kappa shape index (κ2) is 53.5. The number of hydrogen-bond acceptors (Lipinski definition) is 26. The number of ether oxygens (including phenoxy) is 15. The van der Waals surface area contributed by atoms with E-state index in [9.17, 15) is 34.8 Å². The van der Waals surface area contributed by atoms with Crippen LogP contribution in [0.15, 0.2) is 122 Å². The Hall–Kier alpha value is -4.04. The average molecular weight is 2020 g/mol. The van der Waals surface area contributed by atoms with E-state index in [1.54, 1.807) is 30.4 Å². The van der Waals surface area contributed by atoms with Crippen molar-refractivity contribution in [1.29, 1.82) is 0 Å². The van der Waals surface area contributed by atoms with Gasteiger partial charge in [0.25, 0.3) is 0 Å². The van der Waals surface area contributed by atoms with E-state index >= 15 is 0 Å². The zero-order valence-corrected chi connectivity index (χ0v) is 86.4. The van der Waals surface area contributed by atoms with Crippen molar-refractivity contribution in [3.63, 3.8) is 0 Å². The van der Waals surface area contributed by atoms with E-state index in [0.717, 1.165) is 127 Å². The molecule has 12 fully saturated rings. The number of hydrogen-bond donors (Lipinski definition) is 6. The number of aliphatic hydroxyl groups excluding tert-OH is 6. The molecule has 6 N–H and O–H groups in total. The minimum Gasteiger partial charge on any atom is -0.458 e. The molecule has 30 heteroatoms. The van der Waals surface area contributed by atoms with Gasteiger partial charge in [0, 0.05) is 152 Å². The van der Waals surface area contributed by atoms with Crippen molar-refractivity contribution in [3.8, 4) is 12.3 Å². The lowest BCUT2D eigenvalue weighted by atomic mass is 9.88. The number of carbonyl (C=O) groups is 3. The smallest absolute Gasteiger partial charge is 0.303 e. The Labute approximate surface area is 806 Å². The van der Waals surface area contributed by atoms with Gasteiger partial charge in [0.05, 0.1) is 155 Å². The third-order valence-electron chi connectivity index (χ3n) is 28.4. The fourth-order valence-electron chi connectivity index (χ4n) is 20.0. The molecule has 0 spiro atoms. The van der Waals surface area contributed by atoms with Crippen molar-refractivity contribution < 1.29 is 125 Å². The molecular formula is C102H160Br2O26Si2. The number of halogens is 2. The highest BCUT2D eigenvalue weighted by Gasteiger charge is 2.57. The van der Waals surface area contributed by atoms with Crippen LogP contribution < -0.4 is 0 Å². The van der Waals surface area contributed by atoms with Gasteiger partial charge >= 0.3 is 17.9 Å². The monoisotopic (exact) mass is 2010 g/mol. The van der Waals surface area contributed by atoms with E-state index < -0.39 is 22.7 Å². The van der Waals surface area contributed by atoms with Gasteiger partial charge < -0.3 is 111 Å². The molecular weight excluding hydrogens is 1860 g/mol. The second-order valence-corrected chi connectivity index (χ2v) is 51.6. The van der Waals surface area contributed by atoms with Crippen molar-refractivity contribution in [2.75, 3.05) is 70.1 Å². The summed E-state index contributed by atoms with van der Waals surface area (Å²) in [5.41, 5.74) is 2.56. The first kappa shape index (κ1) is 112.